The molecule has 14 nitrogen and oxygen atoms in total. The minimum Gasteiger partial charge on any atom is -0.480 e. The summed E-state index contributed by atoms with van der Waals surface area (Å²) >= 11 is 0. The van der Waals surface area contributed by atoms with E-state index in [2.05, 4.69) is 18.4 Å². The molecule has 1 unspecified atom stereocenters. The second kappa shape index (κ2) is 34.2. The van der Waals surface area contributed by atoms with E-state index >= 15 is 0 Å². The molecule has 0 saturated heterocycles. The Balaban J connectivity index is 2.50. The fraction of sp³-hybridized carbons (Fsp3) is 0.818. The first-order chi connectivity index (χ1) is 28.3. The average Bonchev–Trinajstić information content (AvgIpc) is 3.47. The molecule has 0 amide bonds. The molecule has 0 spiro atoms. The van der Waals surface area contributed by atoms with E-state index in [0.717, 1.165) is 38.5 Å². The number of hydrogen-bond donors (Lipinski definition) is 5. The van der Waals surface area contributed by atoms with Crippen LogP contribution in [-0.2, 0) is 42.3 Å². The highest BCUT2D eigenvalue weighted by Crippen LogP contribution is 2.43. The zero-order valence-electron chi connectivity index (χ0n) is 36.1. The normalized spacial score (nSPS) is 19.6. The SMILES string of the molecule is CCCCCCCCCCCCCCCCCC(=O)OC[C@H](COP(=O)(O)OC[C@H](N)C(=O)O)OC(=O)CCC/C=C\C[C@H]1[C@@H](O)CC(=O)[C@@H]1/C=C/[C@@H](O)CCCCC. The number of phosphoric acid groups is 1. The molecule has 7 atom stereocenters. The molecule has 1 fully saturated rings. The quantitative estimate of drug-likeness (QED) is 0.0170. The molecule has 0 heterocycles. The van der Waals surface area contributed by atoms with Crippen molar-refractivity contribution in [2.24, 2.45) is 17.6 Å². The summed E-state index contributed by atoms with van der Waals surface area (Å²) in [5.41, 5.74) is 5.33. The number of Topliss-reactive ketones (excluding diaryl/α,β-unsaturated/α-hetero) is 1. The van der Waals surface area contributed by atoms with Crippen LogP contribution in [0.25, 0.3) is 0 Å². The molecule has 1 aliphatic carbocycles. The number of nitrogens with two attached hydrogens (primary N) is 1. The van der Waals surface area contributed by atoms with Gasteiger partial charge in [-0.3, -0.25) is 28.2 Å². The molecule has 0 aliphatic heterocycles. The third-order valence-electron chi connectivity index (χ3n) is 10.6. The number of allylic oxidation sites excluding steroid dienone is 3. The number of aliphatic carboxylic acids is 1. The Hall–Kier alpha value is -2.45. The minimum atomic E-state index is -4.79. The summed E-state index contributed by atoms with van der Waals surface area (Å²) < 4.78 is 32.7. The zero-order valence-corrected chi connectivity index (χ0v) is 37.0. The van der Waals surface area contributed by atoms with Gasteiger partial charge in [-0.05, 0) is 32.1 Å². The van der Waals surface area contributed by atoms with Crippen molar-refractivity contribution >= 4 is 31.5 Å². The number of esters is 2. The van der Waals surface area contributed by atoms with Crippen molar-refractivity contribution in [2.45, 2.75) is 199 Å². The number of hydrogen-bond acceptors (Lipinski definition) is 12. The van der Waals surface area contributed by atoms with Crippen molar-refractivity contribution in [1.29, 1.82) is 0 Å². The number of carbonyl (C=O) groups is 4. The fourth-order valence-corrected chi connectivity index (χ4v) is 7.71. The molecule has 342 valence electrons. The van der Waals surface area contributed by atoms with Gasteiger partial charge in [-0.15, -0.1) is 0 Å². The maximum absolute atomic E-state index is 12.7. The first-order valence-electron chi connectivity index (χ1n) is 22.5. The molecule has 15 heteroatoms. The van der Waals surface area contributed by atoms with Crippen molar-refractivity contribution < 1.29 is 62.5 Å². The van der Waals surface area contributed by atoms with Gasteiger partial charge in [0.25, 0.3) is 0 Å². The molecule has 59 heavy (non-hydrogen) atoms. The van der Waals surface area contributed by atoms with Crippen LogP contribution in [0.1, 0.15) is 174 Å². The molecule has 0 aromatic heterocycles. The Morgan fingerprint density at radius 3 is 1.92 bits per heavy atom. The van der Waals surface area contributed by atoms with Gasteiger partial charge in [0.05, 0.1) is 25.4 Å². The van der Waals surface area contributed by atoms with Crippen molar-refractivity contribution in [1.82, 2.24) is 0 Å². The van der Waals surface area contributed by atoms with Gasteiger partial charge >= 0.3 is 25.7 Å². The summed E-state index contributed by atoms with van der Waals surface area (Å²) in [6, 6.07) is -1.56. The maximum Gasteiger partial charge on any atom is 0.472 e. The number of rotatable bonds is 38. The van der Waals surface area contributed by atoms with E-state index in [1.807, 2.05) is 12.2 Å². The van der Waals surface area contributed by atoms with Crippen LogP contribution >= 0.6 is 7.82 Å². The van der Waals surface area contributed by atoms with Gasteiger partial charge < -0.3 is 35.4 Å². The Bertz CT molecular complexity index is 1260. The maximum atomic E-state index is 12.7. The van der Waals surface area contributed by atoms with Crippen molar-refractivity contribution in [2.75, 3.05) is 19.8 Å². The van der Waals surface area contributed by atoms with Gasteiger partial charge in [0.2, 0.25) is 0 Å². The lowest BCUT2D eigenvalue weighted by Gasteiger charge is -2.20. The summed E-state index contributed by atoms with van der Waals surface area (Å²) in [4.78, 5) is 58.7. The molecular formula is C44H78NO13P. The van der Waals surface area contributed by atoms with E-state index in [4.69, 9.17) is 24.8 Å². The Kier molecular flexibility index (Phi) is 31.6. The lowest BCUT2D eigenvalue weighted by Crippen LogP contribution is -2.34. The van der Waals surface area contributed by atoms with Crippen LogP contribution < -0.4 is 5.73 Å². The number of aliphatic hydroxyl groups is 2. The van der Waals surface area contributed by atoms with Crippen LogP contribution in [0.4, 0.5) is 0 Å². The van der Waals surface area contributed by atoms with Crippen LogP contribution in [0.5, 0.6) is 0 Å². The van der Waals surface area contributed by atoms with Crippen LogP contribution in [0.15, 0.2) is 24.3 Å². The lowest BCUT2D eigenvalue weighted by atomic mass is 9.90. The summed E-state index contributed by atoms with van der Waals surface area (Å²) in [5, 5.41) is 29.6. The third kappa shape index (κ3) is 28.7. The molecular weight excluding hydrogens is 781 g/mol. The number of ketones is 1. The van der Waals surface area contributed by atoms with Crippen molar-refractivity contribution in [3.63, 3.8) is 0 Å². The second-order valence-electron chi connectivity index (χ2n) is 16.0. The highest BCUT2D eigenvalue weighted by atomic mass is 31.2. The Labute approximate surface area is 353 Å². The molecule has 0 bridgehead atoms. The smallest absolute Gasteiger partial charge is 0.472 e. The highest BCUT2D eigenvalue weighted by molar-refractivity contribution is 7.47. The second-order valence-corrected chi connectivity index (χ2v) is 17.4. The summed E-state index contributed by atoms with van der Waals surface area (Å²) in [6.45, 7) is 2.43. The molecule has 1 saturated carbocycles. The monoisotopic (exact) mass is 860 g/mol. The van der Waals surface area contributed by atoms with Gasteiger partial charge in [0.1, 0.15) is 18.4 Å². The van der Waals surface area contributed by atoms with Crippen LogP contribution in [0.2, 0.25) is 0 Å². The number of carbonyl (C=O) groups excluding carboxylic acids is 3. The largest absolute Gasteiger partial charge is 0.480 e. The average molecular weight is 860 g/mol. The van der Waals surface area contributed by atoms with E-state index in [-0.39, 0.29) is 31.0 Å². The summed E-state index contributed by atoms with van der Waals surface area (Å²) in [7, 11) is -4.79. The number of ether oxygens (including phenoxy) is 2. The number of unbranched alkanes of at least 4 members (excludes halogenated alkanes) is 17. The predicted octanol–water partition coefficient (Wildman–Crippen LogP) is 8.43. The predicted molar refractivity (Wildman–Crippen MR) is 227 cm³/mol. The van der Waals surface area contributed by atoms with Crippen LogP contribution in [0, 0.1) is 11.8 Å². The van der Waals surface area contributed by atoms with Crippen LogP contribution in [0.3, 0.4) is 0 Å². The number of aliphatic hydroxyl groups excluding tert-OH is 2. The summed E-state index contributed by atoms with van der Waals surface area (Å²) in [5.74, 6) is -3.45. The van der Waals surface area contributed by atoms with Crippen molar-refractivity contribution in [3.8, 4) is 0 Å². The lowest BCUT2D eigenvalue weighted by molar-refractivity contribution is -0.161. The molecule has 1 rings (SSSR count). The zero-order chi connectivity index (χ0) is 43.7. The van der Waals surface area contributed by atoms with E-state index < -0.39 is 75.8 Å². The minimum absolute atomic E-state index is 0.0273. The fourth-order valence-electron chi connectivity index (χ4n) is 6.93. The van der Waals surface area contributed by atoms with Gasteiger partial charge in [0.15, 0.2) is 6.10 Å². The Morgan fingerprint density at radius 1 is 0.780 bits per heavy atom. The number of phosphoric ester groups is 1. The van der Waals surface area contributed by atoms with E-state index in [9.17, 15) is 38.8 Å². The Morgan fingerprint density at radius 2 is 1.32 bits per heavy atom. The van der Waals surface area contributed by atoms with Gasteiger partial charge in [0, 0.05) is 31.1 Å². The summed E-state index contributed by atoms with van der Waals surface area (Å²) in [6.07, 6.45) is 27.5. The highest BCUT2D eigenvalue weighted by Gasteiger charge is 2.39. The molecule has 0 radical (unpaired) electrons. The van der Waals surface area contributed by atoms with Crippen molar-refractivity contribution in [3.05, 3.63) is 24.3 Å². The molecule has 0 aromatic rings. The number of carboxylic acid groups (broad SMARTS) is 1. The topological polar surface area (TPSA) is 229 Å². The third-order valence-corrected chi connectivity index (χ3v) is 11.5. The molecule has 0 aromatic carbocycles. The standard InChI is InChI=1S/C44H78NO13P/c1-3-5-7-8-9-10-11-12-13-14-15-16-17-18-23-27-42(49)55-32-36(33-56-59(53,54)57-34-39(45)44(51)52)58-43(50)28-24-20-19-22-26-37-38(41(48)31-40(37)47)30-29-35(46)25-21-6-4-2/h19,22,29-30,35-40,46-47H,3-18,20-21,23-28,31-34,45H2,1-2H3,(H,51,52)(H,53,54)/b22-19-,30-29+/t35-,36+,37+,38+,39-,40-/m0/s1. The van der Waals surface area contributed by atoms with Gasteiger partial charge in [-0.25, -0.2) is 4.57 Å². The first kappa shape index (κ1) is 54.6. The van der Waals surface area contributed by atoms with E-state index in [0.29, 0.717) is 32.1 Å². The van der Waals surface area contributed by atoms with E-state index in [1.165, 1.54) is 70.6 Å². The number of carboxylic acids is 1. The first-order valence-corrected chi connectivity index (χ1v) is 24.0. The van der Waals surface area contributed by atoms with Gasteiger partial charge in [-0.2, -0.15) is 0 Å². The molecule has 1 aliphatic rings. The van der Waals surface area contributed by atoms with Gasteiger partial charge in [-0.1, -0.05) is 147 Å². The van der Waals surface area contributed by atoms with E-state index in [1.54, 1.807) is 12.2 Å². The molecule has 6 N–H and O–H groups in total. The van der Waals surface area contributed by atoms with Crippen LogP contribution in [-0.4, -0.2) is 88.1 Å².